The van der Waals surface area contributed by atoms with Crippen molar-refractivity contribution in [3.05, 3.63) is 126 Å². The predicted octanol–water partition coefficient (Wildman–Crippen LogP) is 3.94. The van der Waals surface area contributed by atoms with Gasteiger partial charge in [-0.2, -0.15) is 0 Å². The van der Waals surface area contributed by atoms with Crippen molar-refractivity contribution in [3.8, 4) is 0 Å². The average molecular weight is 503 g/mol. The molecule has 4 rings (SSSR count). The second-order valence-corrected chi connectivity index (χ2v) is 12.5. The van der Waals surface area contributed by atoms with Crippen molar-refractivity contribution in [2.24, 2.45) is 5.92 Å². The highest BCUT2D eigenvalue weighted by Gasteiger charge is 2.50. The van der Waals surface area contributed by atoms with Crippen molar-refractivity contribution in [1.29, 1.82) is 0 Å². The fourth-order valence-corrected chi connectivity index (χ4v) is 9.52. The molecule has 0 saturated heterocycles. The quantitative estimate of drug-likeness (QED) is 0.335. The van der Waals surface area contributed by atoms with Gasteiger partial charge in [0, 0.05) is 0 Å². The van der Waals surface area contributed by atoms with Crippen molar-refractivity contribution < 1.29 is 17.0 Å². The van der Waals surface area contributed by atoms with Crippen LogP contribution in [0.25, 0.3) is 0 Å². The minimum absolute atomic E-state index is 0. The molecule has 32 heavy (non-hydrogen) atoms. The van der Waals surface area contributed by atoms with Gasteiger partial charge in [-0.15, -0.1) is 0 Å². The van der Waals surface area contributed by atoms with E-state index in [4.69, 9.17) is 0 Å². The van der Waals surface area contributed by atoms with Crippen LogP contribution in [0.5, 0.6) is 0 Å². The van der Waals surface area contributed by atoms with E-state index in [0.29, 0.717) is 11.6 Å². The van der Waals surface area contributed by atoms with Crippen molar-refractivity contribution >= 4 is 23.2 Å². The molecule has 0 N–H and O–H groups in total. The molecule has 0 aromatic heterocycles. The molecule has 1 unspecified atom stereocenters. The van der Waals surface area contributed by atoms with Crippen molar-refractivity contribution in [2.45, 2.75) is 32.9 Å². The number of halogens is 1. The maximum absolute atomic E-state index is 2.43. The first-order chi connectivity index (χ1) is 15.1. The van der Waals surface area contributed by atoms with Gasteiger partial charge in [-0.25, -0.2) is 0 Å². The van der Waals surface area contributed by atoms with E-state index in [1.165, 1.54) is 27.0 Å². The molecule has 0 nitrogen and oxygen atoms in total. The van der Waals surface area contributed by atoms with Crippen molar-refractivity contribution in [2.75, 3.05) is 0 Å². The molecule has 4 aromatic rings. The molecule has 0 bridgehead atoms. The van der Waals surface area contributed by atoms with Crippen LogP contribution in [-0.2, 0) is 6.42 Å². The fraction of sp³-hybridized carbons (Fsp3) is 0.200. The molecular weight excluding hydrogens is 471 g/mol. The molecule has 164 valence electrons. The van der Waals surface area contributed by atoms with Crippen molar-refractivity contribution in [3.63, 3.8) is 0 Å². The maximum Gasteiger partial charge on any atom is 0.119 e. The lowest BCUT2D eigenvalue weighted by Crippen LogP contribution is -3.00. The summed E-state index contributed by atoms with van der Waals surface area (Å²) in [7, 11) is -1.91. The molecule has 0 saturated carbocycles. The maximum atomic E-state index is 2.43. The summed E-state index contributed by atoms with van der Waals surface area (Å²) in [6.45, 7) is 7.00. The van der Waals surface area contributed by atoms with Gasteiger partial charge in [0.05, 0.1) is 0 Å². The summed E-state index contributed by atoms with van der Waals surface area (Å²) in [5.41, 5.74) is 3.21. The second-order valence-electron chi connectivity index (χ2n) is 8.74. The smallest absolute Gasteiger partial charge is 0.119 e. The normalized spacial score (nSPS) is 12.2. The Hall–Kier alpha value is -2.21. The van der Waals surface area contributed by atoms with Crippen molar-refractivity contribution in [1.82, 2.24) is 0 Å². The Bertz CT molecular complexity index is 977. The zero-order chi connectivity index (χ0) is 21.7. The third-order valence-electron chi connectivity index (χ3n) is 6.18. The van der Waals surface area contributed by atoms with E-state index in [1.807, 2.05) is 0 Å². The minimum atomic E-state index is -1.91. The zero-order valence-electron chi connectivity index (χ0n) is 19.2. The third-order valence-corrected chi connectivity index (χ3v) is 11.0. The van der Waals surface area contributed by atoms with Crippen LogP contribution in [-0.4, -0.2) is 0 Å². The van der Waals surface area contributed by atoms with E-state index in [-0.39, 0.29) is 17.0 Å². The van der Waals surface area contributed by atoms with Crippen LogP contribution in [0.3, 0.4) is 0 Å². The molecule has 0 aliphatic heterocycles. The summed E-state index contributed by atoms with van der Waals surface area (Å²) in [6, 6.07) is 42.9. The van der Waals surface area contributed by atoms with E-state index in [9.17, 15) is 0 Å². The van der Waals surface area contributed by atoms with Crippen LogP contribution in [0.15, 0.2) is 115 Å². The Morgan fingerprint density at radius 3 is 1.25 bits per heavy atom. The number of hydrogen-bond acceptors (Lipinski definition) is 0. The Labute approximate surface area is 204 Å². The van der Waals surface area contributed by atoms with Crippen LogP contribution < -0.4 is 32.9 Å². The molecule has 0 amide bonds. The first-order valence-electron chi connectivity index (χ1n) is 11.3. The van der Waals surface area contributed by atoms with Gasteiger partial charge in [0.1, 0.15) is 28.8 Å². The molecule has 0 heterocycles. The molecule has 0 aliphatic rings. The summed E-state index contributed by atoms with van der Waals surface area (Å²) in [6.07, 6.45) is 1.13. The molecule has 0 aliphatic carbocycles. The van der Waals surface area contributed by atoms with E-state index >= 15 is 0 Å². The van der Waals surface area contributed by atoms with Gasteiger partial charge < -0.3 is 17.0 Å². The fourth-order valence-electron chi connectivity index (χ4n) is 4.73. The number of rotatable bonds is 7. The van der Waals surface area contributed by atoms with Crippen LogP contribution >= 0.6 is 7.26 Å². The molecule has 4 aromatic carbocycles. The molecule has 0 fully saturated rings. The van der Waals surface area contributed by atoms with Crippen LogP contribution in [0.4, 0.5) is 0 Å². The van der Waals surface area contributed by atoms with Gasteiger partial charge in [0.2, 0.25) is 0 Å². The van der Waals surface area contributed by atoms with Gasteiger partial charge in [0.25, 0.3) is 0 Å². The first-order valence-corrected chi connectivity index (χ1v) is 13.1. The van der Waals surface area contributed by atoms with Crippen LogP contribution in [0, 0.1) is 5.92 Å². The second kappa shape index (κ2) is 11.1. The summed E-state index contributed by atoms with van der Waals surface area (Å²) >= 11 is 0. The summed E-state index contributed by atoms with van der Waals surface area (Å²) in [4.78, 5) is 0. The number of benzene rings is 4. The Kier molecular flexibility index (Phi) is 8.46. The van der Waals surface area contributed by atoms with Gasteiger partial charge >= 0.3 is 0 Å². The Morgan fingerprint density at radius 1 is 0.531 bits per heavy atom. The summed E-state index contributed by atoms with van der Waals surface area (Å²) in [5, 5.41) is 4.31. The molecule has 0 spiro atoms. The van der Waals surface area contributed by atoms with Gasteiger partial charge in [0.15, 0.2) is 0 Å². The van der Waals surface area contributed by atoms with E-state index < -0.39 is 7.26 Å². The molecule has 1 atom stereocenters. The van der Waals surface area contributed by atoms with E-state index in [0.717, 1.165) is 6.42 Å². The largest absolute Gasteiger partial charge is 1.00 e. The van der Waals surface area contributed by atoms with E-state index in [2.05, 4.69) is 136 Å². The standard InChI is InChI=1S/C30H32P.BrH/c1-24(2)23-26-19-21-27(22-20-26)25(3)31(28-13-7-4-8-14-28,29-15-9-5-10-16-29)30-17-11-6-12-18-30;/h4-22,24-25H,23H2,1-3H3;1H/q+1;/p-1. The third kappa shape index (κ3) is 4.90. The highest BCUT2D eigenvalue weighted by molar-refractivity contribution is 7.95. The highest BCUT2D eigenvalue weighted by Crippen LogP contribution is 2.66. The SMILES string of the molecule is CC(C)Cc1ccc(C(C)[P+](c2ccccc2)(c2ccccc2)c2ccccc2)cc1.[Br-]. The lowest BCUT2D eigenvalue weighted by atomic mass is 10.0. The van der Waals surface area contributed by atoms with Gasteiger partial charge in [-0.3, -0.25) is 0 Å². The predicted molar refractivity (Wildman–Crippen MR) is 139 cm³/mol. The summed E-state index contributed by atoms with van der Waals surface area (Å²) < 4.78 is 0. The monoisotopic (exact) mass is 502 g/mol. The summed E-state index contributed by atoms with van der Waals surface area (Å²) in [5.74, 6) is 0.674. The molecule has 0 radical (unpaired) electrons. The zero-order valence-corrected chi connectivity index (χ0v) is 21.6. The van der Waals surface area contributed by atoms with Crippen LogP contribution in [0.2, 0.25) is 0 Å². The van der Waals surface area contributed by atoms with E-state index in [1.54, 1.807) is 0 Å². The highest BCUT2D eigenvalue weighted by atomic mass is 79.9. The van der Waals surface area contributed by atoms with Crippen LogP contribution in [0.1, 0.15) is 37.6 Å². The first kappa shape index (κ1) is 24.4. The van der Waals surface area contributed by atoms with Gasteiger partial charge in [-0.05, 0) is 66.8 Å². The topological polar surface area (TPSA) is 0 Å². The lowest BCUT2D eigenvalue weighted by Gasteiger charge is -2.33. The molecule has 2 heteroatoms. The van der Waals surface area contributed by atoms with Gasteiger partial charge in [-0.1, -0.05) is 92.7 Å². The average Bonchev–Trinajstić information content (AvgIpc) is 2.82. The Morgan fingerprint density at radius 2 is 0.906 bits per heavy atom. The Balaban J connectivity index is 0.00000289. The minimum Gasteiger partial charge on any atom is -1.00 e. The lowest BCUT2D eigenvalue weighted by molar-refractivity contribution is -0.00000633. The molecular formula is C30H32BrP. The number of hydrogen-bond donors (Lipinski definition) is 0.